The van der Waals surface area contributed by atoms with Crippen molar-refractivity contribution in [2.75, 3.05) is 0 Å². The summed E-state index contributed by atoms with van der Waals surface area (Å²) >= 11 is 0. The Kier molecular flexibility index (Phi) is 4.17. The van der Waals surface area contributed by atoms with E-state index in [0.29, 0.717) is 34.2 Å². The SMILES string of the molecule is Cc1cc([C@](C)(O)C#Cc2ccc3c(c2)-c2nccn2CC(C(N)=O)O3)no1. The number of aryl methyl sites for hydroxylation is 1. The van der Waals surface area contributed by atoms with Gasteiger partial charge in [0.25, 0.3) is 5.91 Å². The van der Waals surface area contributed by atoms with Gasteiger partial charge in [-0.05, 0) is 32.0 Å². The summed E-state index contributed by atoms with van der Waals surface area (Å²) in [6, 6.07) is 6.90. The summed E-state index contributed by atoms with van der Waals surface area (Å²) in [5.41, 5.74) is 5.66. The van der Waals surface area contributed by atoms with E-state index < -0.39 is 17.6 Å². The molecule has 8 heteroatoms. The Morgan fingerprint density at radius 1 is 1.43 bits per heavy atom. The molecular weight excluding hydrogens is 360 g/mol. The number of benzene rings is 1. The van der Waals surface area contributed by atoms with Crippen LogP contribution in [0, 0.1) is 18.8 Å². The van der Waals surface area contributed by atoms with Crippen LogP contribution in [0.5, 0.6) is 5.75 Å². The van der Waals surface area contributed by atoms with Gasteiger partial charge in [-0.15, -0.1) is 0 Å². The van der Waals surface area contributed by atoms with Crippen molar-refractivity contribution in [1.82, 2.24) is 14.7 Å². The maximum Gasteiger partial charge on any atom is 0.260 e. The number of hydrogen-bond donors (Lipinski definition) is 2. The zero-order valence-corrected chi connectivity index (χ0v) is 15.3. The molecule has 0 spiro atoms. The first-order valence-electron chi connectivity index (χ1n) is 8.64. The van der Waals surface area contributed by atoms with Crippen LogP contribution in [0.4, 0.5) is 0 Å². The zero-order chi connectivity index (χ0) is 19.9. The maximum absolute atomic E-state index is 11.7. The van der Waals surface area contributed by atoms with E-state index in [0.717, 1.165) is 0 Å². The van der Waals surface area contributed by atoms with Crippen LogP contribution in [0.3, 0.4) is 0 Å². The molecule has 3 N–H and O–H groups in total. The fourth-order valence-corrected chi connectivity index (χ4v) is 2.96. The van der Waals surface area contributed by atoms with Gasteiger partial charge in [0.15, 0.2) is 11.7 Å². The van der Waals surface area contributed by atoms with Gasteiger partial charge in [0.2, 0.25) is 0 Å². The molecule has 142 valence electrons. The Bertz CT molecular complexity index is 1120. The molecule has 1 amide bonds. The van der Waals surface area contributed by atoms with Gasteiger partial charge >= 0.3 is 0 Å². The van der Waals surface area contributed by atoms with Crippen LogP contribution in [0.25, 0.3) is 11.4 Å². The van der Waals surface area contributed by atoms with Crippen molar-refractivity contribution in [3.8, 4) is 29.0 Å². The van der Waals surface area contributed by atoms with E-state index in [1.165, 1.54) is 0 Å². The minimum atomic E-state index is -1.46. The Morgan fingerprint density at radius 2 is 2.25 bits per heavy atom. The number of amides is 1. The summed E-state index contributed by atoms with van der Waals surface area (Å²) in [5.74, 6) is 6.97. The third-order valence-electron chi connectivity index (χ3n) is 4.46. The van der Waals surface area contributed by atoms with E-state index in [1.54, 1.807) is 50.5 Å². The Labute approximate surface area is 160 Å². The predicted molar refractivity (Wildman–Crippen MR) is 99.0 cm³/mol. The molecule has 0 bridgehead atoms. The monoisotopic (exact) mass is 378 g/mol. The predicted octanol–water partition coefficient (Wildman–Crippen LogP) is 1.35. The lowest BCUT2D eigenvalue weighted by molar-refractivity contribution is -0.125. The van der Waals surface area contributed by atoms with Crippen molar-refractivity contribution < 1.29 is 19.2 Å². The molecular formula is C20H18N4O4. The molecule has 0 fully saturated rings. The number of nitrogens with zero attached hydrogens (tertiary/aromatic N) is 3. The van der Waals surface area contributed by atoms with E-state index in [2.05, 4.69) is 22.0 Å². The van der Waals surface area contributed by atoms with Gasteiger partial charge in [0.05, 0.1) is 12.1 Å². The first-order valence-corrected chi connectivity index (χ1v) is 8.64. The first-order chi connectivity index (χ1) is 13.3. The fraction of sp³-hybridized carbons (Fsp3) is 0.250. The van der Waals surface area contributed by atoms with E-state index in [9.17, 15) is 9.90 Å². The number of aliphatic hydroxyl groups is 1. The summed E-state index contributed by atoms with van der Waals surface area (Å²) < 4.78 is 12.6. The van der Waals surface area contributed by atoms with Gasteiger partial charge in [-0.2, -0.15) is 0 Å². The van der Waals surface area contributed by atoms with Gasteiger partial charge in [-0.25, -0.2) is 4.98 Å². The van der Waals surface area contributed by atoms with Gasteiger partial charge < -0.3 is 24.7 Å². The van der Waals surface area contributed by atoms with Crippen LogP contribution < -0.4 is 10.5 Å². The Hall–Kier alpha value is -3.57. The molecule has 0 saturated heterocycles. The number of rotatable bonds is 2. The van der Waals surface area contributed by atoms with Crippen molar-refractivity contribution in [2.24, 2.45) is 5.73 Å². The molecule has 4 rings (SSSR count). The normalized spacial score (nSPS) is 17.2. The number of aromatic nitrogens is 3. The van der Waals surface area contributed by atoms with Crippen LogP contribution in [0.15, 0.2) is 41.2 Å². The summed E-state index contributed by atoms with van der Waals surface area (Å²) in [6.45, 7) is 3.57. The average Bonchev–Trinajstić information content (AvgIpc) is 3.26. The largest absolute Gasteiger partial charge is 0.478 e. The highest BCUT2D eigenvalue weighted by Gasteiger charge is 2.27. The van der Waals surface area contributed by atoms with E-state index >= 15 is 0 Å². The molecule has 0 aliphatic carbocycles. The highest BCUT2D eigenvalue weighted by molar-refractivity contribution is 5.80. The summed E-state index contributed by atoms with van der Waals surface area (Å²) in [4.78, 5) is 16.0. The topological polar surface area (TPSA) is 116 Å². The second-order valence-electron chi connectivity index (χ2n) is 6.77. The third kappa shape index (κ3) is 3.23. The lowest BCUT2D eigenvalue weighted by Gasteiger charge is -2.14. The number of ether oxygens (including phenoxy) is 1. The van der Waals surface area contributed by atoms with Gasteiger partial charge in [0, 0.05) is 24.0 Å². The molecule has 1 aromatic carbocycles. The number of hydrogen-bond acceptors (Lipinski definition) is 6. The first kappa shape index (κ1) is 17.8. The van der Waals surface area contributed by atoms with Crippen molar-refractivity contribution in [1.29, 1.82) is 0 Å². The quantitative estimate of drug-likeness (QED) is 0.650. The van der Waals surface area contributed by atoms with Crippen LogP contribution in [0.2, 0.25) is 0 Å². The molecule has 1 aliphatic rings. The smallest absolute Gasteiger partial charge is 0.260 e. The minimum absolute atomic E-state index is 0.278. The number of carbonyl (C=O) groups is 1. The molecule has 0 radical (unpaired) electrons. The highest BCUT2D eigenvalue weighted by atomic mass is 16.5. The zero-order valence-electron chi connectivity index (χ0n) is 15.3. The molecule has 8 nitrogen and oxygen atoms in total. The van der Waals surface area contributed by atoms with Gasteiger partial charge in [0.1, 0.15) is 23.0 Å². The van der Waals surface area contributed by atoms with Crippen LogP contribution in [0.1, 0.15) is 23.9 Å². The standard InChI is InChI=1S/C20H18N4O4/c1-12-9-17(23-28-12)20(2,26)6-5-13-3-4-15-14(10-13)19-22-7-8-24(19)11-16(27-15)18(21)25/h3-4,7-10,16,26H,11H2,1-2H3,(H2,21,25)/t16?,20-/m1/s1. The van der Waals surface area contributed by atoms with Crippen molar-refractivity contribution in [3.05, 3.63) is 53.7 Å². The molecule has 2 aromatic heterocycles. The van der Waals surface area contributed by atoms with Crippen LogP contribution in [-0.4, -0.2) is 31.8 Å². The lowest BCUT2D eigenvalue weighted by atomic mass is 10.0. The van der Waals surface area contributed by atoms with E-state index in [-0.39, 0.29) is 6.54 Å². The fourth-order valence-electron chi connectivity index (χ4n) is 2.96. The second-order valence-corrected chi connectivity index (χ2v) is 6.77. The molecule has 1 aliphatic heterocycles. The van der Waals surface area contributed by atoms with Crippen LogP contribution in [-0.2, 0) is 16.9 Å². The number of primary amides is 1. The van der Waals surface area contributed by atoms with Crippen molar-refractivity contribution >= 4 is 5.91 Å². The lowest BCUT2D eigenvalue weighted by Crippen LogP contribution is -2.36. The Balaban J connectivity index is 1.72. The summed E-state index contributed by atoms with van der Waals surface area (Å²) in [7, 11) is 0. The number of carbonyl (C=O) groups excluding carboxylic acids is 1. The molecule has 28 heavy (non-hydrogen) atoms. The van der Waals surface area contributed by atoms with Crippen molar-refractivity contribution in [2.45, 2.75) is 32.1 Å². The second kappa shape index (κ2) is 6.55. The molecule has 2 atom stereocenters. The Morgan fingerprint density at radius 3 is 2.96 bits per heavy atom. The number of fused-ring (bicyclic) bond motifs is 3. The molecule has 1 unspecified atom stereocenters. The maximum atomic E-state index is 11.7. The number of imidazole rings is 1. The van der Waals surface area contributed by atoms with Gasteiger partial charge in [-0.1, -0.05) is 17.0 Å². The minimum Gasteiger partial charge on any atom is -0.478 e. The molecule has 0 saturated carbocycles. The van der Waals surface area contributed by atoms with Gasteiger partial charge in [-0.3, -0.25) is 4.79 Å². The highest BCUT2D eigenvalue weighted by Crippen LogP contribution is 2.33. The van der Waals surface area contributed by atoms with Crippen LogP contribution >= 0.6 is 0 Å². The van der Waals surface area contributed by atoms with E-state index in [1.807, 2.05) is 4.57 Å². The third-order valence-corrected chi connectivity index (χ3v) is 4.46. The van der Waals surface area contributed by atoms with E-state index in [4.69, 9.17) is 15.0 Å². The average molecular weight is 378 g/mol. The molecule has 3 aromatic rings. The number of nitrogens with two attached hydrogens (primary N) is 1. The summed E-state index contributed by atoms with van der Waals surface area (Å²) in [5, 5.41) is 14.4. The molecule has 3 heterocycles. The summed E-state index contributed by atoms with van der Waals surface area (Å²) in [6.07, 6.45) is 2.63. The van der Waals surface area contributed by atoms with Crippen molar-refractivity contribution in [3.63, 3.8) is 0 Å².